The zero-order valence-corrected chi connectivity index (χ0v) is 17.4. The summed E-state index contributed by atoms with van der Waals surface area (Å²) in [5.74, 6) is 0.127. The summed E-state index contributed by atoms with van der Waals surface area (Å²) < 4.78 is 28.0. The van der Waals surface area contributed by atoms with Gasteiger partial charge in [0.2, 0.25) is 15.9 Å². The van der Waals surface area contributed by atoms with Gasteiger partial charge in [0.25, 0.3) is 0 Å². The molecular weight excluding hydrogens is 406 g/mol. The van der Waals surface area contributed by atoms with Crippen LogP contribution in [0.5, 0.6) is 0 Å². The van der Waals surface area contributed by atoms with Crippen molar-refractivity contribution < 1.29 is 13.2 Å². The van der Waals surface area contributed by atoms with Crippen LogP contribution in [-0.2, 0) is 14.8 Å². The molecule has 2 rings (SSSR count). The van der Waals surface area contributed by atoms with Gasteiger partial charge in [0, 0.05) is 31.7 Å². The van der Waals surface area contributed by atoms with Crippen molar-refractivity contribution in [3.63, 3.8) is 0 Å². The Morgan fingerprint density at radius 3 is 2.76 bits per heavy atom. The van der Waals surface area contributed by atoms with Gasteiger partial charge >= 0.3 is 0 Å². The number of amides is 1. The number of nitrogens with zero attached hydrogens (tertiary/aromatic N) is 2. The Hall–Kier alpha value is -0.960. The lowest BCUT2D eigenvalue weighted by molar-refractivity contribution is -0.133. The quantitative estimate of drug-likeness (QED) is 0.669. The van der Waals surface area contributed by atoms with Crippen LogP contribution in [0.25, 0.3) is 0 Å². The van der Waals surface area contributed by atoms with Crippen LogP contribution in [0.3, 0.4) is 0 Å². The van der Waals surface area contributed by atoms with Gasteiger partial charge in [-0.2, -0.15) is 0 Å². The van der Waals surface area contributed by atoms with Crippen LogP contribution < -0.4 is 4.72 Å². The molecule has 0 bridgehead atoms. The second-order valence-electron chi connectivity index (χ2n) is 6.61. The highest BCUT2D eigenvalue weighted by molar-refractivity contribution is 9.10. The minimum absolute atomic E-state index is 0.0714. The third-order valence-electron chi connectivity index (χ3n) is 4.38. The maximum atomic E-state index is 12.4. The first kappa shape index (κ1) is 20.4. The zero-order valence-electron chi connectivity index (χ0n) is 15.0. The lowest BCUT2D eigenvalue weighted by atomic mass is 10.2. The van der Waals surface area contributed by atoms with E-state index in [2.05, 4.69) is 25.6 Å². The summed E-state index contributed by atoms with van der Waals surface area (Å²) in [7, 11) is 0.00314. The van der Waals surface area contributed by atoms with E-state index >= 15 is 0 Å². The first-order valence-corrected chi connectivity index (χ1v) is 10.7. The molecule has 0 aliphatic carbocycles. The average Bonchev–Trinajstić information content (AvgIpc) is 2.98. The van der Waals surface area contributed by atoms with Crippen molar-refractivity contribution in [2.75, 3.05) is 33.7 Å². The van der Waals surface area contributed by atoms with Crippen LogP contribution in [0.2, 0.25) is 0 Å². The SMILES string of the molecule is Cc1ccc(S(=O)(=O)NCCCN2CCCC2C(=O)N(C)C)c(Br)c1. The molecule has 6 nitrogen and oxygen atoms in total. The molecule has 1 aromatic rings. The molecule has 8 heteroatoms. The molecule has 1 unspecified atom stereocenters. The molecule has 140 valence electrons. The molecule has 25 heavy (non-hydrogen) atoms. The number of hydrogen-bond donors (Lipinski definition) is 1. The maximum Gasteiger partial charge on any atom is 0.241 e. The molecule has 1 N–H and O–H groups in total. The fraction of sp³-hybridized carbons (Fsp3) is 0.588. The van der Waals surface area contributed by atoms with Crippen LogP contribution in [-0.4, -0.2) is 63.9 Å². The lowest BCUT2D eigenvalue weighted by Crippen LogP contribution is -2.43. The van der Waals surface area contributed by atoms with Crippen molar-refractivity contribution >= 4 is 31.9 Å². The molecule has 1 heterocycles. The monoisotopic (exact) mass is 431 g/mol. The van der Waals surface area contributed by atoms with Gasteiger partial charge in [-0.1, -0.05) is 6.07 Å². The molecule has 1 amide bonds. The van der Waals surface area contributed by atoms with Gasteiger partial charge in [0.05, 0.1) is 10.9 Å². The van der Waals surface area contributed by atoms with Gasteiger partial charge in [-0.15, -0.1) is 0 Å². The normalized spacial score (nSPS) is 18.5. The van der Waals surface area contributed by atoms with Crippen molar-refractivity contribution in [1.29, 1.82) is 0 Å². The van der Waals surface area contributed by atoms with Crippen LogP contribution in [0.15, 0.2) is 27.6 Å². The smallest absolute Gasteiger partial charge is 0.241 e. The molecule has 0 spiro atoms. The summed E-state index contributed by atoms with van der Waals surface area (Å²) in [5, 5.41) is 0. The van der Waals surface area contributed by atoms with Crippen molar-refractivity contribution in [1.82, 2.24) is 14.5 Å². The minimum Gasteiger partial charge on any atom is -0.347 e. The third kappa shape index (κ3) is 5.26. The van der Waals surface area contributed by atoms with Gasteiger partial charge < -0.3 is 4.90 Å². The van der Waals surface area contributed by atoms with Gasteiger partial charge in [-0.3, -0.25) is 9.69 Å². The largest absolute Gasteiger partial charge is 0.347 e. The molecule has 1 atom stereocenters. The predicted octanol–water partition coefficient (Wildman–Crippen LogP) is 1.98. The fourth-order valence-corrected chi connectivity index (χ4v) is 5.33. The van der Waals surface area contributed by atoms with Crippen LogP contribution in [0, 0.1) is 6.92 Å². The second kappa shape index (κ2) is 8.62. The van der Waals surface area contributed by atoms with E-state index in [0.29, 0.717) is 24.0 Å². The van der Waals surface area contributed by atoms with Gasteiger partial charge in [-0.05, 0) is 66.4 Å². The number of hydrogen-bond acceptors (Lipinski definition) is 4. The summed E-state index contributed by atoms with van der Waals surface area (Å²) in [6, 6.07) is 5.10. The summed E-state index contributed by atoms with van der Waals surface area (Å²) in [6.07, 6.45) is 2.55. The van der Waals surface area contributed by atoms with Crippen LogP contribution >= 0.6 is 15.9 Å². The fourth-order valence-electron chi connectivity index (χ4n) is 3.06. The van der Waals surface area contributed by atoms with E-state index in [1.54, 1.807) is 37.2 Å². The summed E-state index contributed by atoms with van der Waals surface area (Å²) >= 11 is 3.31. The molecule has 1 aliphatic rings. The molecule has 0 aromatic heterocycles. The number of carbonyl (C=O) groups is 1. The van der Waals surface area contributed by atoms with Crippen LogP contribution in [0.1, 0.15) is 24.8 Å². The molecule has 1 aliphatic heterocycles. The number of likely N-dealkylation sites (tertiary alicyclic amines) is 1. The Morgan fingerprint density at radius 2 is 2.12 bits per heavy atom. The lowest BCUT2D eigenvalue weighted by Gasteiger charge is -2.26. The second-order valence-corrected chi connectivity index (χ2v) is 9.20. The number of sulfonamides is 1. The molecule has 0 saturated carbocycles. The van der Waals surface area contributed by atoms with Crippen molar-refractivity contribution in [2.45, 2.75) is 37.1 Å². The number of rotatable bonds is 7. The first-order chi connectivity index (χ1) is 11.7. The highest BCUT2D eigenvalue weighted by Crippen LogP contribution is 2.23. The number of benzene rings is 1. The first-order valence-electron chi connectivity index (χ1n) is 8.43. The van der Waals surface area contributed by atoms with E-state index in [9.17, 15) is 13.2 Å². The van der Waals surface area contributed by atoms with E-state index in [1.165, 1.54) is 0 Å². The summed E-state index contributed by atoms with van der Waals surface area (Å²) in [6.45, 7) is 3.86. The zero-order chi connectivity index (χ0) is 18.6. The molecule has 1 aromatic carbocycles. The Labute approximate surface area is 158 Å². The number of carbonyl (C=O) groups excluding carboxylic acids is 1. The van der Waals surface area contributed by atoms with Gasteiger partial charge in [0.1, 0.15) is 0 Å². The van der Waals surface area contributed by atoms with E-state index in [0.717, 1.165) is 24.9 Å². The third-order valence-corrected chi connectivity index (χ3v) is 6.82. The highest BCUT2D eigenvalue weighted by atomic mass is 79.9. The molecule has 1 fully saturated rings. The van der Waals surface area contributed by atoms with Crippen molar-refractivity contribution in [3.8, 4) is 0 Å². The van der Waals surface area contributed by atoms with Crippen molar-refractivity contribution in [3.05, 3.63) is 28.2 Å². The summed E-state index contributed by atoms with van der Waals surface area (Å²) in [5.41, 5.74) is 0.997. The van der Waals surface area contributed by atoms with E-state index in [4.69, 9.17) is 0 Å². The van der Waals surface area contributed by atoms with Crippen LogP contribution in [0.4, 0.5) is 0 Å². The maximum absolute atomic E-state index is 12.4. The molecular formula is C17H26BrN3O3S. The van der Waals surface area contributed by atoms with E-state index in [-0.39, 0.29) is 16.8 Å². The Balaban J connectivity index is 1.87. The van der Waals surface area contributed by atoms with Gasteiger partial charge in [-0.25, -0.2) is 13.1 Å². The standard InChI is InChI=1S/C17H26BrN3O3S/c1-13-7-8-16(14(18)12-13)25(23,24)19-9-5-11-21-10-4-6-15(21)17(22)20(2)3/h7-8,12,15,19H,4-6,9-11H2,1-3H3. The Morgan fingerprint density at radius 1 is 1.40 bits per heavy atom. The van der Waals surface area contributed by atoms with E-state index in [1.807, 2.05) is 6.92 Å². The van der Waals surface area contributed by atoms with E-state index < -0.39 is 10.0 Å². The average molecular weight is 432 g/mol. The number of likely N-dealkylation sites (N-methyl/N-ethyl adjacent to an activating group) is 1. The van der Waals surface area contributed by atoms with Crippen molar-refractivity contribution in [2.24, 2.45) is 0 Å². The van der Waals surface area contributed by atoms with Gasteiger partial charge in [0.15, 0.2) is 0 Å². The number of halogens is 1. The summed E-state index contributed by atoms with van der Waals surface area (Å²) in [4.78, 5) is 16.2. The minimum atomic E-state index is -3.54. The molecule has 0 radical (unpaired) electrons. The predicted molar refractivity (Wildman–Crippen MR) is 102 cm³/mol. The Kier molecular flexibility index (Phi) is 7.01. The number of nitrogens with one attached hydrogen (secondary N) is 1. The molecule has 1 saturated heterocycles. The number of aryl methyl sites for hydroxylation is 1. The highest BCUT2D eigenvalue weighted by Gasteiger charge is 2.31. The topological polar surface area (TPSA) is 69.7 Å². The Bertz CT molecular complexity index is 722.